The van der Waals surface area contributed by atoms with Crippen LogP contribution in [0, 0.1) is 17.0 Å². The molecule has 0 aromatic heterocycles. The van der Waals surface area contributed by atoms with Crippen LogP contribution in [0.4, 0.5) is 17.1 Å². The minimum atomic E-state index is -0.434. The fourth-order valence-electron chi connectivity index (χ4n) is 4.08. The first-order valence-corrected chi connectivity index (χ1v) is 11.4. The van der Waals surface area contributed by atoms with Gasteiger partial charge in [-0.1, -0.05) is 29.8 Å². The minimum absolute atomic E-state index is 0.0192. The van der Waals surface area contributed by atoms with Crippen LogP contribution in [-0.4, -0.2) is 23.9 Å². The van der Waals surface area contributed by atoms with Gasteiger partial charge < -0.3 is 4.90 Å². The van der Waals surface area contributed by atoms with Gasteiger partial charge >= 0.3 is 0 Å². The van der Waals surface area contributed by atoms with Crippen LogP contribution in [0.25, 0.3) is 11.8 Å². The molecule has 1 heterocycles. The van der Waals surface area contributed by atoms with E-state index in [-0.39, 0.29) is 11.6 Å². The van der Waals surface area contributed by atoms with Crippen molar-refractivity contribution < 1.29 is 9.72 Å². The number of anilines is 2. The molecule has 3 aromatic rings. The summed E-state index contributed by atoms with van der Waals surface area (Å²) in [5.74, 6) is -0.135. The molecule has 0 fully saturated rings. The largest absolute Gasteiger partial charge is 0.372 e. The normalized spacial score (nSPS) is 14.4. The van der Waals surface area contributed by atoms with E-state index < -0.39 is 4.92 Å². The average molecular weight is 454 g/mol. The first-order chi connectivity index (χ1) is 16.4. The zero-order chi connectivity index (χ0) is 24.2. The molecule has 0 unspecified atom stereocenters. The highest BCUT2D eigenvalue weighted by Crippen LogP contribution is 2.36. The summed E-state index contributed by atoms with van der Waals surface area (Å²) in [5, 5.41) is 11.0. The highest BCUT2D eigenvalue weighted by molar-refractivity contribution is 6.23. The summed E-state index contributed by atoms with van der Waals surface area (Å²) >= 11 is 0. The van der Waals surface area contributed by atoms with Crippen LogP contribution in [0.15, 0.2) is 84.4 Å². The van der Waals surface area contributed by atoms with Gasteiger partial charge in [-0.25, -0.2) is 0 Å². The van der Waals surface area contributed by atoms with E-state index in [1.54, 1.807) is 23.1 Å². The molecule has 6 heteroatoms. The number of rotatable bonds is 7. The monoisotopic (exact) mass is 453 g/mol. The van der Waals surface area contributed by atoms with Crippen molar-refractivity contribution in [2.45, 2.75) is 20.8 Å². The molecule has 1 aliphatic rings. The Morgan fingerprint density at radius 2 is 1.53 bits per heavy atom. The molecular formula is C28H27N3O3. The van der Waals surface area contributed by atoms with Gasteiger partial charge in [0.25, 0.3) is 11.6 Å². The number of carbonyl (C=O) groups excluding carboxylic acids is 1. The number of nitrogens with zero attached hydrogens (tertiary/aromatic N) is 3. The highest BCUT2D eigenvalue weighted by Gasteiger charge is 2.30. The van der Waals surface area contributed by atoms with Crippen molar-refractivity contribution in [3.05, 3.63) is 111 Å². The summed E-state index contributed by atoms with van der Waals surface area (Å²) in [5.41, 5.74) is 6.07. The molecule has 1 aliphatic heterocycles. The molecule has 1 amide bonds. The van der Waals surface area contributed by atoms with Gasteiger partial charge in [0, 0.05) is 42.2 Å². The molecule has 0 bridgehead atoms. The number of hydrogen-bond donors (Lipinski definition) is 0. The van der Waals surface area contributed by atoms with E-state index in [2.05, 4.69) is 18.7 Å². The Kier molecular flexibility index (Phi) is 6.59. The molecule has 0 spiro atoms. The van der Waals surface area contributed by atoms with Crippen molar-refractivity contribution in [1.82, 2.24) is 0 Å². The second-order valence-corrected chi connectivity index (χ2v) is 8.17. The average Bonchev–Trinajstić information content (AvgIpc) is 3.17. The zero-order valence-electron chi connectivity index (χ0n) is 19.6. The summed E-state index contributed by atoms with van der Waals surface area (Å²) in [6.07, 6.45) is 3.65. The number of non-ortho nitro benzene ring substituents is 1. The lowest BCUT2D eigenvalue weighted by molar-refractivity contribution is -0.384. The van der Waals surface area contributed by atoms with Gasteiger partial charge in [-0.05, 0) is 80.4 Å². The summed E-state index contributed by atoms with van der Waals surface area (Å²) < 4.78 is 0. The third-order valence-corrected chi connectivity index (χ3v) is 5.99. The van der Waals surface area contributed by atoms with Crippen molar-refractivity contribution in [2.75, 3.05) is 22.9 Å². The number of nitro groups is 1. The first kappa shape index (κ1) is 23.0. The predicted molar refractivity (Wildman–Crippen MR) is 138 cm³/mol. The molecule has 0 radical (unpaired) electrons. The van der Waals surface area contributed by atoms with E-state index in [4.69, 9.17) is 0 Å². The van der Waals surface area contributed by atoms with Crippen molar-refractivity contribution >= 4 is 34.7 Å². The van der Waals surface area contributed by atoms with E-state index >= 15 is 0 Å². The van der Waals surface area contributed by atoms with Gasteiger partial charge in [0.2, 0.25) is 0 Å². The number of benzene rings is 3. The van der Waals surface area contributed by atoms with Crippen molar-refractivity contribution in [3.8, 4) is 0 Å². The van der Waals surface area contributed by atoms with Gasteiger partial charge in [0.1, 0.15) is 0 Å². The van der Waals surface area contributed by atoms with E-state index in [9.17, 15) is 14.9 Å². The summed E-state index contributed by atoms with van der Waals surface area (Å²) in [4.78, 5) is 28.1. The van der Waals surface area contributed by atoms with Crippen LogP contribution in [-0.2, 0) is 4.79 Å². The molecule has 0 saturated carbocycles. The summed E-state index contributed by atoms with van der Waals surface area (Å²) in [7, 11) is 0. The van der Waals surface area contributed by atoms with Crippen LogP contribution < -0.4 is 9.80 Å². The molecule has 172 valence electrons. The lowest BCUT2D eigenvalue weighted by Crippen LogP contribution is -2.25. The van der Waals surface area contributed by atoms with Crippen molar-refractivity contribution in [1.29, 1.82) is 0 Å². The maximum atomic E-state index is 13.6. The van der Waals surface area contributed by atoms with Gasteiger partial charge in [0.15, 0.2) is 0 Å². The topological polar surface area (TPSA) is 66.7 Å². The quantitative estimate of drug-likeness (QED) is 0.242. The second kappa shape index (κ2) is 9.75. The number of carbonyl (C=O) groups is 1. The van der Waals surface area contributed by atoms with Crippen LogP contribution >= 0.6 is 0 Å². The van der Waals surface area contributed by atoms with Gasteiger partial charge in [0.05, 0.1) is 10.6 Å². The van der Waals surface area contributed by atoms with Crippen LogP contribution in [0.3, 0.4) is 0 Å². The number of amides is 1. The Balaban J connectivity index is 1.74. The van der Waals surface area contributed by atoms with E-state index in [0.717, 1.165) is 46.9 Å². The maximum absolute atomic E-state index is 13.6. The zero-order valence-corrected chi connectivity index (χ0v) is 19.6. The van der Waals surface area contributed by atoms with Gasteiger partial charge in [-0.2, -0.15) is 0 Å². The fraction of sp³-hybridized carbons (Fsp3) is 0.179. The Hall–Kier alpha value is -4.19. The molecule has 4 rings (SSSR count). The molecule has 0 atom stereocenters. The fourth-order valence-corrected chi connectivity index (χ4v) is 4.08. The second-order valence-electron chi connectivity index (χ2n) is 8.17. The van der Waals surface area contributed by atoms with Crippen LogP contribution in [0.5, 0.6) is 0 Å². The Morgan fingerprint density at radius 1 is 0.912 bits per heavy atom. The molecule has 0 N–H and O–H groups in total. The summed E-state index contributed by atoms with van der Waals surface area (Å²) in [6, 6.07) is 22.3. The molecule has 3 aromatic carbocycles. The molecule has 6 nitrogen and oxygen atoms in total. The third-order valence-electron chi connectivity index (χ3n) is 5.99. The van der Waals surface area contributed by atoms with E-state index in [1.807, 2.05) is 61.5 Å². The number of hydrogen-bond acceptors (Lipinski definition) is 4. The molecule has 0 saturated heterocycles. The highest BCUT2D eigenvalue weighted by atomic mass is 16.6. The van der Waals surface area contributed by atoms with Crippen molar-refractivity contribution in [2.24, 2.45) is 0 Å². The Morgan fingerprint density at radius 3 is 2.09 bits per heavy atom. The minimum Gasteiger partial charge on any atom is -0.372 e. The number of nitro benzene ring substituents is 1. The van der Waals surface area contributed by atoms with Gasteiger partial charge in [-0.15, -0.1) is 0 Å². The lowest BCUT2D eigenvalue weighted by Gasteiger charge is -2.24. The lowest BCUT2D eigenvalue weighted by atomic mass is 10.1. The SMILES string of the molecule is CCN(CC)c1ccc(N2C(=O)/C(=C/c3ccc([N+](=O)[O-])cc3)C=C2c2ccc(C)cc2)cc1. The Bertz CT molecular complexity index is 1250. The first-order valence-electron chi connectivity index (χ1n) is 11.4. The van der Waals surface area contributed by atoms with E-state index in [0.29, 0.717) is 5.57 Å². The van der Waals surface area contributed by atoms with Crippen LogP contribution in [0.2, 0.25) is 0 Å². The molecule has 0 aliphatic carbocycles. The number of aryl methyl sites for hydroxylation is 1. The van der Waals surface area contributed by atoms with Gasteiger partial charge in [-0.3, -0.25) is 19.8 Å². The van der Waals surface area contributed by atoms with Crippen LogP contribution in [0.1, 0.15) is 30.5 Å². The van der Waals surface area contributed by atoms with E-state index in [1.165, 1.54) is 12.1 Å². The predicted octanol–water partition coefficient (Wildman–Crippen LogP) is 6.22. The smallest absolute Gasteiger partial charge is 0.269 e. The maximum Gasteiger partial charge on any atom is 0.269 e. The molecular weight excluding hydrogens is 426 g/mol. The molecule has 34 heavy (non-hydrogen) atoms. The Labute approximate surface area is 199 Å². The third kappa shape index (κ3) is 4.62. The summed E-state index contributed by atoms with van der Waals surface area (Å²) in [6.45, 7) is 8.09. The standard InChI is InChI=1S/C28H27N3O3/c1-4-29(5-2)24-14-16-25(17-15-24)30-27(22-10-6-20(3)7-11-22)19-23(28(30)32)18-21-8-12-26(13-9-21)31(33)34/h6-19H,4-5H2,1-3H3/b23-18+. The van der Waals surface area contributed by atoms with Crippen molar-refractivity contribution in [3.63, 3.8) is 0 Å².